The van der Waals surface area contributed by atoms with Crippen molar-refractivity contribution < 1.29 is 4.79 Å². The monoisotopic (exact) mass is 273 g/mol. The van der Waals surface area contributed by atoms with Crippen molar-refractivity contribution in [3.05, 3.63) is 47.5 Å². The van der Waals surface area contributed by atoms with E-state index in [1.165, 1.54) is 0 Å². The summed E-state index contributed by atoms with van der Waals surface area (Å²) in [6, 6.07) is 5.40. The van der Waals surface area contributed by atoms with E-state index in [0.717, 1.165) is 29.9 Å². The van der Waals surface area contributed by atoms with Crippen molar-refractivity contribution >= 4 is 11.6 Å². The number of imidazole rings is 1. The summed E-state index contributed by atoms with van der Waals surface area (Å²) in [7, 11) is 0. The largest absolute Gasteiger partial charge is 0.352 e. The average molecular weight is 273 g/mol. The summed E-state index contributed by atoms with van der Waals surface area (Å²) in [5.41, 5.74) is 4.91. The molecule has 0 aliphatic rings. The van der Waals surface area contributed by atoms with Crippen LogP contribution in [0.15, 0.2) is 30.6 Å². The molecule has 0 radical (unpaired) electrons. The number of H-pyrrole nitrogens is 1. The van der Waals surface area contributed by atoms with Crippen molar-refractivity contribution in [1.82, 2.24) is 15.3 Å². The van der Waals surface area contributed by atoms with Gasteiger partial charge in [-0.05, 0) is 37.1 Å². The molecular formula is C14H19N5O. The van der Waals surface area contributed by atoms with Crippen molar-refractivity contribution in [2.75, 3.05) is 12.0 Å². The lowest BCUT2D eigenvalue weighted by molar-refractivity contribution is 0.0952. The van der Waals surface area contributed by atoms with Gasteiger partial charge in [0.05, 0.1) is 0 Å². The van der Waals surface area contributed by atoms with Crippen LogP contribution in [0.4, 0.5) is 5.69 Å². The fourth-order valence-corrected chi connectivity index (χ4v) is 2.00. The molecule has 2 aromatic rings. The zero-order valence-electron chi connectivity index (χ0n) is 11.4. The first-order valence-electron chi connectivity index (χ1n) is 6.54. The molecular weight excluding hydrogens is 254 g/mol. The summed E-state index contributed by atoms with van der Waals surface area (Å²) in [5, 5.41) is 2.91. The number of benzene rings is 1. The number of anilines is 1. The number of hydrazine groups is 1. The van der Waals surface area contributed by atoms with Crippen LogP contribution >= 0.6 is 0 Å². The van der Waals surface area contributed by atoms with E-state index in [1.54, 1.807) is 24.5 Å². The Kier molecular flexibility index (Phi) is 4.73. The van der Waals surface area contributed by atoms with Crippen LogP contribution in [0, 0.1) is 6.92 Å². The molecule has 0 unspecified atom stereocenters. The molecule has 1 aromatic heterocycles. The fraction of sp³-hybridized carbons (Fsp3) is 0.286. The summed E-state index contributed by atoms with van der Waals surface area (Å²) < 4.78 is 0. The van der Waals surface area contributed by atoms with Crippen LogP contribution in [-0.4, -0.2) is 22.4 Å². The third-order valence-corrected chi connectivity index (χ3v) is 3.07. The zero-order valence-corrected chi connectivity index (χ0v) is 11.4. The van der Waals surface area contributed by atoms with Crippen molar-refractivity contribution in [2.45, 2.75) is 19.8 Å². The minimum atomic E-state index is -0.0643. The van der Waals surface area contributed by atoms with Gasteiger partial charge in [0.15, 0.2) is 0 Å². The standard InChI is InChI=1S/C14H19N5O/c1-10-9-11(19-15)4-5-12(10)14(20)18-6-2-3-13-16-7-8-17-13/h4-5,7-9,19H,2-3,6,15H2,1H3,(H,16,17)(H,18,20). The summed E-state index contributed by atoms with van der Waals surface area (Å²) in [5.74, 6) is 6.20. The van der Waals surface area contributed by atoms with Crippen LogP contribution in [0.2, 0.25) is 0 Å². The highest BCUT2D eigenvalue weighted by Crippen LogP contribution is 2.14. The van der Waals surface area contributed by atoms with Crippen LogP contribution in [0.5, 0.6) is 0 Å². The summed E-state index contributed by atoms with van der Waals surface area (Å²) in [4.78, 5) is 19.2. The molecule has 0 fully saturated rings. The molecule has 0 aliphatic heterocycles. The lowest BCUT2D eigenvalue weighted by atomic mass is 10.1. The Morgan fingerprint density at radius 1 is 1.45 bits per heavy atom. The Hall–Kier alpha value is -2.34. The van der Waals surface area contributed by atoms with Gasteiger partial charge in [-0.3, -0.25) is 10.6 Å². The van der Waals surface area contributed by atoms with Gasteiger partial charge < -0.3 is 15.7 Å². The van der Waals surface area contributed by atoms with Crippen LogP contribution in [-0.2, 0) is 6.42 Å². The molecule has 0 saturated heterocycles. The summed E-state index contributed by atoms with van der Waals surface area (Å²) in [6.45, 7) is 2.51. The van der Waals surface area contributed by atoms with E-state index >= 15 is 0 Å². The number of aromatic amines is 1. The van der Waals surface area contributed by atoms with E-state index in [4.69, 9.17) is 5.84 Å². The van der Waals surface area contributed by atoms with Gasteiger partial charge in [-0.1, -0.05) is 0 Å². The number of nitrogens with two attached hydrogens (primary N) is 1. The van der Waals surface area contributed by atoms with Gasteiger partial charge in [0.2, 0.25) is 0 Å². The molecule has 20 heavy (non-hydrogen) atoms. The molecule has 106 valence electrons. The molecule has 0 spiro atoms. The van der Waals surface area contributed by atoms with E-state index in [-0.39, 0.29) is 5.91 Å². The molecule has 5 N–H and O–H groups in total. The number of nitrogens with one attached hydrogen (secondary N) is 3. The second-order valence-corrected chi connectivity index (χ2v) is 4.57. The Labute approximate surface area is 117 Å². The minimum absolute atomic E-state index is 0.0643. The molecule has 2 rings (SSSR count). The maximum absolute atomic E-state index is 12.0. The number of carbonyl (C=O) groups excluding carboxylic acids is 1. The second-order valence-electron chi connectivity index (χ2n) is 4.57. The van der Waals surface area contributed by atoms with Crippen molar-refractivity contribution in [3.63, 3.8) is 0 Å². The highest BCUT2D eigenvalue weighted by molar-refractivity contribution is 5.96. The predicted molar refractivity (Wildman–Crippen MR) is 78.2 cm³/mol. The second kappa shape index (κ2) is 6.72. The van der Waals surface area contributed by atoms with Gasteiger partial charge in [0.25, 0.3) is 5.91 Å². The maximum Gasteiger partial charge on any atom is 0.251 e. The topological polar surface area (TPSA) is 95.8 Å². The number of rotatable bonds is 6. The first kappa shape index (κ1) is 14.1. The number of nitrogens with zero attached hydrogens (tertiary/aromatic N) is 1. The average Bonchev–Trinajstić information content (AvgIpc) is 2.96. The Balaban J connectivity index is 1.82. The van der Waals surface area contributed by atoms with Gasteiger partial charge >= 0.3 is 0 Å². The number of aryl methyl sites for hydroxylation is 2. The van der Waals surface area contributed by atoms with E-state index < -0.39 is 0 Å². The first-order valence-corrected chi connectivity index (χ1v) is 6.54. The molecule has 6 heteroatoms. The smallest absolute Gasteiger partial charge is 0.251 e. The summed E-state index contributed by atoms with van der Waals surface area (Å²) in [6.07, 6.45) is 5.19. The van der Waals surface area contributed by atoms with Crippen molar-refractivity contribution in [1.29, 1.82) is 0 Å². The predicted octanol–water partition coefficient (Wildman–Crippen LogP) is 1.37. The van der Waals surface area contributed by atoms with E-state index in [1.807, 2.05) is 13.0 Å². The first-order chi connectivity index (χ1) is 9.70. The number of carbonyl (C=O) groups is 1. The highest BCUT2D eigenvalue weighted by atomic mass is 16.1. The van der Waals surface area contributed by atoms with Crippen LogP contribution in [0.3, 0.4) is 0 Å². The number of hydrogen-bond donors (Lipinski definition) is 4. The van der Waals surface area contributed by atoms with Crippen LogP contribution in [0.25, 0.3) is 0 Å². The number of amides is 1. The van der Waals surface area contributed by atoms with Crippen LogP contribution < -0.4 is 16.6 Å². The number of hydrogen-bond acceptors (Lipinski definition) is 4. The van der Waals surface area contributed by atoms with Crippen molar-refractivity contribution in [2.24, 2.45) is 5.84 Å². The summed E-state index contributed by atoms with van der Waals surface area (Å²) >= 11 is 0. The fourth-order valence-electron chi connectivity index (χ4n) is 2.00. The SMILES string of the molecule is Cc1cc(NN)ccc1C(=O)NCCCc1ncc[nH]1. The Morgan fingerprint density at radius 3 is 2.95 bits per heavy atom. The quantitative estimate of drug-likeness (QED) is 0.363. The molecule has 0 aliphatic carbocycles. The molecule has 0 bridgehead atoms. The molecule has 1 aromatic carbocycles. The molecule has 0 saturated carbocycles. The van der Waals surface area contributed by atoms with Gasteiger partial charge in [0.1, 0.15) is 5.82 Å². The minimum Gasteiger partial charge on any atom is -0.352 e. The van der Waals surface area contributed by atoms with Crippen LogP contribution in [0.1, 0.15) is 28.2 Å². The van der Waals surface area contributed by atoms with E-state index in [9.17, 15) is 4.79 Å². The number of aromatic nitrogens is 2. The lowest BCUT2D eigenvalue weighted by Gasteiger charge is -2.09. The Morgan fingerprint density at radius 2 is 2.30 bits per heavy atom. The van der Waals surface area contributed by atoms with E-state index in [0.29, 0.717) is 12.1 Å². The third-order valence-electron chi connectivity index (χ3n) is 3.07. The normalized spacial score (nSPS) is 10.3. The van der Waals surface area contributed by atoms with Crippen molar-refractivity contribution in [3.8, 4) is 0 Å². The molecule has 0 atom stereocenters. The molecule has 1 amide bonds. The van der Waals surface area contributed by atoms with Gasteiger partial charge in [0, 0.05) is 36.6 Å². The molecule has 6 nitrogen and oxygen atoms in total. The van der Waals surface area contributed by atoms with Gasteiger partial charge in [-0.25, -0.2) is 4.98 Å². The maximum atomic E-state index is 12.0. The molecule has 1 heterocycles. The van der Waals surface area contributed by atoms with Gasteiger partial charge in [-0.15, -0.1) is 0 Å². The lowest BCUT2D eigenvalue weighted by Crippen LogP contribution is -2.25. The Bertz CT molecular complexity index is 565. The third kappa shape index (κ3) is 3.58. The van der Waals surface area contributed by atoms with Gasteiger partial charge in [-0.2, -0.15) is 0 Å². The number of nitrogen functional groups attached to an aromatic ring is 1. The van der Waals surface area contributed by atoms with E-state index in [2.05, 4.69) is 20.7 Å². The zero-order chi connectivity index (χ0) is 14.4. The highest BCUT2D eigenvalue weighted by Gasteiger charge is 2.08.